The largest absolute Gasteiger partial charge is 0.351 e. The molecule has 1 saturated carbocycles. The van der Waals surface area contributed by atoms with Crippen LogP contribution in [0, 0.1) is 0 Å². The Hall–Kier alpha value is -3.41. The predicted molar refractivity (Wildman–Crippen MR) is 103 cm³/mol. The summed E-state index contributed by atoms with van der Waals surface area (Å²) in [5, 5.41) is 7.89. The minimum absolute atomic E-state index is 0.0278. The topological polar surface area (TPSA) is 79.3 Å². The Bertz CT molecular complexity index is 1220. The van der Waals surface area contributed by atoms with E-state index in [0.717, 1.165) is 12.8 Å². The summed E-state index contributed by atoms with van der Waals surface area (Å²) >= 11 is 0. The van der Waals surface area contributed by atoms with E-state index >= 15 is 0 Å². The summed E-state index contributed by atoms with van der Waals surface area (Å²) < 4.78 is 1.61. The SMILES string of the molecule is O=C(NCC1(c2ccccc2)CC1)c1cnn2c1[nH]c(=O)c1ccccc12. The standard InChI is InChI=1S/C21H18N4O2/c26-19(22-13-21(10-11-21)14-6-2-1-3-7-14)16-12-23-25-17-9-5-4-8-15(17)20(27)24-18(16)25/h1-9,12H,10-11,13H2,(H,22,26)(H,24,27). The van der Waals surface area contributed by atoms with Gasteiger partial charge in [0.2, 0.25) is 0 Å². The number of nitrogens with zero attached hydrogens (tertiary/aromatic N) is 2. The smallest absolute Gasteiger partial charge is 0.259 e. The highest BCUT2D eigenvalue weighted by molar-refractivity contribution is 6.00. The zero-order valence-corrected chi connectivity index (χ0v) is 14.6. The summed E-state index contributed by atoms with van der Waals surface area (Å²) in [5.41, 5.74) is 2.53. The summed E-state index contributed by atoms with van der Waals surface area (Å²) in [4.78, 5) is 27.9. The lowest BCUT2D eigenvalue weighted by molar-refractivity contribution is 0.0951. The molecule has 4 aromatic rings. The maximum atomic E-state index is 12.8. The third-order valence-corrected chi connectivity index (χ3v) is 5.45. The van der Waals surface area contributed by atoms with Crippen molar-refractivity contribution in [3.63, 3.8) is 0 Å². The molecular formula is C21H18N4O2. The van der Waals surface area contributed by atoms with Crippen molar-refractivity contribution >= 4 is 22.5 Å². The van der Waals surface area contributed by atoms with Crippen LogP contribution in [0.1, 0.15) is 28.8 Å². The van der Waals surface area contributed by atoms with Gasteiger partial charge in [-0.3, -0.25) is 9.59 Å². The minimum Gasteiger partial charge on any atom is -0.351 e. The summed E-state index contributed by atoms with van der Waals surface area (Å²) in [6, 6.07) is 17.5. The van der Waals surface area contributed by atoms with Crippen LogP contribution in [0.5, 0.6) is 0 Å². The maximum absolute atomic E-state index is 12.8. The third-order valence-electron chi connectivity index (χ3n) is 5.45. The van der Waals surface area contributed by atoms with Gasteiger partial charge in [0.1, 0.15) is 11.2 Å². The molecule has 0 saturated heterocycles. The number of H-pyrrole nitrogens is 1. The Morgan fingerprint density at radius 2 is 1.85 bits per heavy atom. The van der Waals surface area contributed by atoms with Crippen molar-refractivity contribution in [2.45, 2.75) is 18.3 Å². The van der Waals surface area contributed by atoms with Crippen LogP contribution in [0.25, 0.3) is 16.6 Å². The maximum Gasteiger partial charge on any atom is 0.259 e. The quantitative estimate of drug-likeness (QED) is 0.589. The van der Waals surface area contributed by atoms with Gasteiger partial charge in [0, 0.05) is 12.0 Å². The first-order chi connectivity index (χ1) is 13.2. The van der Waals surface area contributed by atoms with Crippen molar-refractivity contribution in [1.29, 1.82) is 0 Å². The molecule has 2 heterocycles. The number of rotatable bonds is 4. The molecule has 0 spiro atoms. The molecule has 1 aliphatic rings. The zero-order valence-electron chi connectivity index (χ0n) is 14.6. The molecule has 27 heavy (non-hydrogen) atoms. The van der Waals surface area contributed by atoms with E-state index in [2.05, 4.69) is 27.5 Å². The van der Waals surface area contributed by atoms with Crippen molar-refractivity contribution in [2.24, 2.45) is 0 Å². The van der Waals surface area contributed by atoms with Gasteiger partial charge >= 0.3 is 0 Å². The van der Waals surface area contributed by atoms with Crippen LogP contribution in [0.3, 0.4) is 0 Å². The average Bonchev–Trinajstić information content (AvgIpc) is 3.39. The molecule has 0 aliphatic heterocycles. The van der Waals surface area contributed by atoms with Crippen LogP contribution in [0.2, 0.25) is 0 Å². The summed E-state index contributed by atoms with van der Waals surface area (Å²) in [7, 11) is 0. The summed E-state index contributed by atoms with van der Waals surface area (Å²) in [5.74, 6) is -0.224. The second-order valence-corrected chi connectivity index (χ2v) is 7.12. The predicted octanol–water partition coefficient (Wildman–Crippen LogP) is 2.64. The van der Waals surface area contributed by atoms with E-state index in [1.807, 2.05) is 30.3 Å². The van der Waals surface area contributed by atoms with Crippen molar-refractivity contribution in [3.8, 4) is 0 Å². The van der Waals surface area contributed by atoms with E-state index in [0.29, 0.717) is 28.7 Å². The number of aromatic nitrogens is 3. The number of carbonyl (C=O) groups is 1. The fourth-order valence-electron chi connectivity index (χ4n) is 3.70. The van der Waals surface area contributed by atoms with Crippen LogP contribution >= 0.6 is 0 Å². The molecule has 2 aromatic heterocycles. The zero-order chi connectivity index (χ0) is 18.4. The van der Waals surface area contributed by atoms with Crippen LogP contribution in [-0.2, 0) is 5.41 Å². The van der Waals surface area contributed by atoms with Gasteiger partial charge in [-0.1, -0.05) is 42.5 Å². The van der Waals surface area contributed by atoms with E-state index in [4.69, 9.17) is 0 Å². The van der Waals surface area contributed by atoms with E-state index in [9.17, 15) is 9.59 Å². The lowest BCUT2D eigenvalue weighted by atomic mass is 9.96. The molecule has 0 radical (unpaired) electrons. The van der Waals surface area contributed by atoms with Crippen molar-refractivity contribution in [3.05, 3.63) is 82.3 Å². The number of para-hydroxylation sites is 1. The fraction of sp³-hybridized carbons (Fsp3) is 0.190. The Morgan fingerprint density at radius 1 is 1.11 bits per heavy atom. The Morgan fingerprint density at radius 3 is 2.63 bits per heavy atom. The molecule has 5 rings (SSSR count). The van der Waals surface area contributed by atoms with Gasteiger partial charge < -0.3 is 10.3 Å². The van der Waals surface area contributed by atoms with Crippen molar-refractivity contribution < 1.29 is 4.79 Å². The fourth-order valence-corrected chi connectivity index (χ4v) is 3.70. The Labute approximate surface area is 154 Å². The first-order valence-corrected chi connectivity index (χ1v) is 9.00. The van der Waals surface area contributed by atoms with Gasteiger partial charge in [-0.25, -0.2) is 4.52 Å². The number of aromatic amines is 1. The number of nitrogens with one attached hydrogen (secondary N) is 2. The lowest BCUT2D eigenvalue weighted by Crippen LogP contribution is -2.32. The van der Waals surface area contributed by atoms with Gasteiger partial charge in [-0.2, -0.15) is 5.10 Å². The van der Waals surface area contributed by atoms with E-state index in [1.54, 1.807) is 16.6 Å². The molecular weight excluding hydrogens is 340 g/mol. The normalized spacial score (nSPS) is 15.1. The molecule has 0 atom stereocenters. The molecule has 6 heteroatoms. The second-order valence-electron chi connectivity index (χ2n) is 7.12. The molecule has 2 aromatic carbocycles. The van der Waals surface area contributed by atoms with Crippen LogP contribution in [0.15, 0.2) is 65.6 Å². The van der Waals surface area contributed by atoms with Crippen molar-refractivity contribution in [1.82, 2.24) is 19.9 Å². The highest BCUT2D eigenvalue weighted by Gasteiger charge is 2.44. The highest BCUT2D eigenvalue weighted by atomic mass is 16.2. The van der Waals surface area contributed by atoms with Gasteiger partial charge in [-0.15, -0.1) is 0 Å². The number of benzene rings is 2. The van der Waals surface area contributed by atoms with Gasteiger partial charge in [0.25, 0.3) is 11.5 Å². The number of amides is 1. The molecule has 1 aliphatic carbocycles. The van der Waals surface area contributed by atoms with Crippen molar-refractivity contribution in [2.75, 3.05) is 6.54 Å². The molecule has 134 valence electrons. The molecule has 0 bridgehead atoms. The number of hydrogen-bond donors (Lipinski definition) is 2. The molecule has 1 fully saturated rings. The molecule has 1 amide bonds. The first kappa shape index (κ1) is 15.8. The van der Waals surface area contributed by atoms with Gasteiger partial charge in [0.05, 0.1) is 17.1 Å². The van der Waals surface area contributed by atoms with Crippen LogP contribution in [0.4, 0.5) is 0 Å². The van der Waals surface area contributed by atoms with Gasteiger partial charge in [-0.05, 0) is 30.5 Å². The van der Waals surface area contributed by atoms with E-state index < -0.39 is 0 Å². The number of fused-ring (bicyclic) bond motifs is 3. The first-order valence-electron chi connectivity index (χ1n) is 9.00. The highest BCUT2D eigenvalue weighted by Crippen LogP contribution is 2.47. The lowest BCUT2D eigenvalue weighted by Gasteiger charge is -2.16. The Balaban J connectivity index is 1.46. The van der Waals surface area contributed by atoms with E-state index in [-0.39, 0.29) is 16.9 Å². The summed E-state index contributed by atoms with van der Waals surface area (Å²) in [6.07, 6.45) is 3.64. The van der Waals surface area contributed by atoms with Gasteiger partial charge in [0.15, 0.2) is 0 Å². The minimum atomic E-state index is -0.226. The van der Waals surface area contributed by atoms with E-state index in [1.165, 1.54) is 11.8 Å². The monoisotopic (exact) mass is 358 g/mol. The number of carbonyl (C=O) groups excluding carboxylic acids is 1. The Kier molecular flexibility index (Phi) is 3.40. The average molecular weight is 358 g/mol. The molecule has 2 N–H and O–H groups in total. The second kappa shape index (κ2) is 5.81. The molecule has 0 unspecified atom stereocenters. The molecule has 6 nitrogen and oxygen atoms in total. The number of hydrogen-bond acceptors (Lipinski definition) is 3. The summed E-state index contributed by atoms with van der Waals surface area (Å²) in [6.45, 7) is 0.574. The van der Waals surface area contributed by atoms with Crippen LogP contribution < -0.4 is 10.9 Å². The third kappa shape index (κ3) is 2.52. The van der Waals surface area contributed by atoms with Crippen LogP contribution in [-0.4, -0.2) is 27.0 Å².